The number of thioether (sulfide) groups is 1. The zero-order chi connectivity index (χ0) is 14.4. The monoisotopic (exact) mass is 297 g/mol. The van der Waals surface area contributed by atoms with Crippen molar-refractivity contribution >= 4 is 17.7 Å². The smallest absolute Gasteiger partial charge is 0.317 e. The molecule has 1 aromatic carbocycles. The zero-order valence-corrected chi connectivity index (χ0v) is 12.2. The Labute approximate surface area is 123 Å². The van der Waals surface area contributed by atoms with Crippen molar-refractivity contribution in [3.05, 3.63) is 30.1 Å². The molecule has 0 aliphatic heterocycles. The molecule has 1 N–H and O–H groups in total. The molecule has 0 radical (unpaired) electrons. The maximum atomic E-state index is 12.8. The second-order valence-corrected chi connectivity index (χ2v) is 6.27. The van der Waals surface area contributed by atoms with Gasteiger partial charge in [-0.1, -0.05) is 12.8 Å². The SMILES string of the molecule is O=C(O)CN(CCSc1ccc(F)cc1)C1CCCC1. The Morgan fingerprint density at radius 1 is 1.30 bits per heavy atom. The fourth-order valence-corrected chi connectivity index (χ4v) is 3.54. The number of nitrogens with zero attached hydrogens (tertiary/aromatic N) is 1. The first-order valence-corrected chi connectivity index (χ1v) is 7.98. The molecule has 0 unspecified atom stereocenters. The van der Waals surface area contributed by atoms with Crippen molar-refractivity contribution in [3.63, 3.8) is 0 Å². The van der Waals surface area contributed by atoms with Crippen LogP contribution in [0.3, 0.4) is 0 Å². The summed E-state index contributed by atoms with van der Waals surface area (Å²) in [4.78, 5) is 14.0. The number of hydrogen-bond acceptors (Lipinski definition) is 3. The first-order valence-electron chi connectivity index (χ1n) is 6.99. The molecule has 0 aromatic heterocycles. The first kappa shape index (κ1) is 15.3. The van der Waals surface area contributed by atoms with E-state index in [1.807, 2.05) is 0 Å². The van der Waals surface area contributed by atoms with E-state index in [1.54, 1.807) is 23.9 Å². The molecule has 0 amide bonds. The third-order valence-corrected chi connectivity index (χ3v) is 4.63. The van der Waals surface area contributed by atoms with Crippen LogP contribution in [0.5, 0.6) is 0 Å². The number of benzene rings is 1. The van der Waals surface area contributed by atoms with Crippen LogP contribution >= 0.6 is 11.8 Å². The Morgan fingerprint density at radius 2 is 1.95 bits per heavy atom. The van der Waals surface area contributed by atoms with Crippen molar-refractivity contribution in [2.75, 3.05) is 18.8 Å². The first-order chi connectivity index (χ1) is 9.65. The normalized spacial score (nSPS) is 15.9. The quantitative estimate of drug-likeness (QED) is 0.784. The molecule has 5 heteroatoms. The Bertz CT molecular complexity index is 432. The maximum absolute atomic E-state index is 12.8. The zero-order valence-electron chi connectivity index (χ0n) is 11.4. The molecule has 0 bridgehead atoms. The summed E-state index contributed by atoms with van der Waals surface area (Å²) in [7, 11) is 0. The Morgan fingerprint density at radius 3 is 2.55 bits per heavy atom. The van der Waals surface area contributed by atoms with E-state index in [4.69, 9.17) is 5.11 Å². The molecule has 1 saturated carbocycles. The maximum Gasteiger partial charge on any atom is 0.317 e. The number of rotatable bonds is 7. The Balaban J connectivity index is 1.81. The summed E-state index contributed by atoms with van der Waals surface area (Å²) in [5, 5.41) is 9.00. The summed E-state index contributed by atoms with van der Waals surface area (Å²) in [5.41, 5.74) is 0. The molecule has 20 heavy (non-hydrogen) atoms. The third kappa shape index (κ3) is 4.80. The lowest BCUT2D eigenvalue weighted by Crippen LogP contribution is -2.39. The lowest BCUT2D eigenvalue weighted by molar-refractivity contribution is -0.138. The van der Waals surface area contributed by atoms with E-state index in [-0.39, 0.29) is 12.4 Å². The minimum atomic E-state index is -0.760. The van der Waals surface area contributed by atoms with Gasteiger partial charge < -0.3 is 5.11 Å². The molecule has 2 rings (SSSR count). The van der Waals surface area contributed by atoms with Gasteiger partial charge in [0.25, 0.3) is 0 Å². The molecular formula is C15H20FNO2S. The fraction of sp³-hybridized carbons (Fsp3) is 0.533. The molecular weight excluding hydrogens is 277 g/mol. The highest BCUT2D eigenvalue weighted by Crippen LogP contribution is 2.24. The van der Waals surface area contributed by atoms with Crippen LogP contribution in [0.4, 0.5) is 4.39 Å². The molecule has 0 heterocycles. The second kappa shape index (κ2) is 7.64. The van der Waals surface area contributed by atoms with Gasteiger partial charge in [-0.2, -0.15) is 0 Å². The van der Waals surface area contributed by atoms with Crippen molar-refractivity contribution in [2.24, 2.45) is 0 Å². The summed E-state index contributed by atoms with van der Waals surface area (Å²) in [5.74, 6) is -0.161. The summed E-state index contributed by atoms with van der Waals surface area (Å²) in [6.45, 7) is 0.883. The van der Waals surface area contributed by atoms with Gasteiger partial charge in [-0.25, -0.2) is 4.39 Å². The summed E-state index contributed by atoms with van der Waals surface area (Å²) < 4.78 is 12.8. The van der Waals surface area contributed by atoms with Crippen LogP contribution in [0.2, 0.25) is 0 Å². The van der Waals surface area contributed by atoms with Gasteiger partial charge in [0.1, 0.15) is 5.82 Å². The van der Waals surface area contributed by atoms with Crippen molar-refractivity contribution < 1.29 is 14.3 Å². The van der Waals surface area contributed by atoms with Gasteiger partial charge in [-0.05, 0) is 37.1 Å². The van der Waals surface area contributed by atoms with Crippen molar-refractivity contribution in [2.45, 2.75) is 36.6 Å². The molecule has 1 aliphatic carbocycles. The average molecular weight is 297 g/mol. The van der Waals surface area contributed by atoms with Crippen LogP contribution in [0.15, 0.2) is 29.2 Å². The van der Waals surface area contributed by atoms with Gasteiger partial charge in [0, 0.05) is 23.2 Å². The summed E-state index contributed by atoms with van der Waals surface area (Å²) in [6.07, 6.45) is 4.61. The van der Waals surface area contributed by atoms with Crippen LogP contribution in [0, 0.1) is 5.82 Å². The molecule has 0 atom stereocenters. The van der Waals surface area contributed by atoms with Crippen LogP contribution in [0.1, 0.15) is 25.7 Å². The van der Waals surface area contributed by atoms with Gasteiger partial charge in [0.05, 0.1) is 6.54 Å². The van der Waals surface area contributed by atoms with Crippen LogP contribution < -0.4 is 0 Å². The number of carboxylic acid groups (broad SMARTS) is 1. The van der Waals surface area contributed by atoms with Gasteiger partial charge in [0.15, 0.2) is 0 Å². The molecule has 1 fully saturated rings. The van der Waals surface area contributed by atoms with Gasteiger partial charge >= 0.3 is 5.97 Å². The molecule has 0 spiro atoms. The predicted octanol–water partition coefficient (Wildman–Crippen LogP) is 3.25. The van der Waals surface area contributed by atoms with E-state index in [9.17, 15) is 9.18 Å². The standard InChI is InChI=1S/C15H20FNO2S/c16-12-5-7-14(8-6-12)20-10-9-17(11-15(18)19)13-3-1-2-4-13/h5-8,13H,1-4,9-11H2,(H,18,19). The van der Waals surface area contributed by atoms with Gasteiger partial charge in [-0.3, -0.25) is 9.69 Å². The summed E-state index contributed by atoms with van der Waals surface area (Å²) in [6, 6.07) is 6.84. The van der Waals surface area contributed by atoms with Crippen LogP contribution in [-0.4, -0.2) is 40.9 Å². The van der Waals surface area contributed by atoms with E-state index in [0.29, 0.717) is 6.04 Å². The van der Waals surface area contributed by atoms with E-state index in [2.05, 4.69) is 4.90 Å². The van der Waals surface area contributed by atoms with Crippen molar-refractivity contribution in [3.8, 4) is 0 Å². The van der Waals surface area contributed by atoms with Crippen LogP contribution in [0.25, 0.3) is 0 Å². The van der Waals surface area contributed by atoms with Crippen molar-refractivity contribution in [1.82, 2.24) is 4.90 Å². The van der Waals surface area contributed by atoms with E-state index < -0.39 is 5.97 Å². The van der Waals surface area contributed by atoms with E-state index >= 15 is 0 Å². The van der Waals surface area contributed by atoms with E-state index in [1.165, 1.54) is 25.0 Å². The Hall–Kier alpha value is -1.07. The van der Waals surface area contributed by atoms with Crippen LogP contribution in [-0.2, 0) is 4.79 Å². The third-order valence-electron chi connectivity index (χ3n) is 3.64. The minimum absolute atomic E-state index is 0.120. The number of halogens is 1. The van der Waals surface area contributed by atoms with Gasteiger partial charge in [0.2, 0.25) is 0 Å². The largest absolute Gasteiger partial charge is 0.480 e. The minimum Gasteiger partial charge on any atom is -0.480 e. The number of aliphatic carboxylic acids is 1. The lowest BCUT2D eigenvalue weighted by Gasteiger charge is -2.26. The highest BCUT2D eigenvalue weighted by atomic mass is 32.2. The number of hydrogen-bond donors (Lipinski definition) is 1. The lowest BCUT2D eigenvalue weighted by atomic mass is 10.2. The Kier molecular flexibility index (Phi) is 5.86. The van der Waals surface area contributed by atoms with Crippen molar-refractivity contribution in [1.29, 1.82) is 0 Å². The topological polar surface area (TPSA) is 40.5 Å². The van der Waals surface area contributed by atoms with Gasteiger partial charge in [-0.15, -0.1) is 11.8 Å². The molecule has 1 aliphatic rings. The molecule has 110 valence electrons. The highest BCUT2D eigenvalue weighted by molar-refractivity contribution is 7.99. The average Bonchev–Trinajstić information content (AvgIpc) is 2.93. The molecule has 1 aromatic rings. The molecule has 3 nitrogen and oxygen atoms in total. The number of carboxylic acids is 1. The fourth-order valence-electron chi connectivity index (χ4n) is 2.65. The highest BCUT2D eigenvalue weighted by Gasteiger charge is 2.23. The second-order valence-electron chi connectivity index (χ2n) is 5.10. The molecule has 0 saturated heterocycles. The predicted molar refractivity (Wildman–Crippen MR) is 78.6 cm³/mol. The summed E-state index contributed by atoms with van der Waals surface area (Å²) >= 11 is 1.64. The number of carbonyl (C=O) groups is 1. The van der Waals surface area contributed by atoms with E-state index in [0.717, 1.165) is 30.0 Å².